The number of amides is 1. The van der Waals surface area contributed by atoms with E-state index in [1.54, 1.807) is 12.1 Å². The summed E-state index contributed by atoms with van der Waals surface area (Å²) in [6.07, 6.45) is 1.07. The highest BCUT2D eigenvalue weighted by Gasteiger charge is 2.10. The SMILES string of the molecule is CCCNCCNC(=O)c1ccc(Br)cc1O. The first-order valence-corrected chi connectivity index (χ1v) is 6.42. The van der Waals surface area contributed by atoms with Crippen LogP contribution in [0.1, 0.15) is 23.7 Å². The van der Waals surface area contributed by atoms with Crippen molar-refractivity contribution in [1.82, 2.24) is 10.6 Å². The Kier molecular flexibility index (Phi) is 6.00. The summed E-state index contributed by atoms with van der Waals surface area (Å²) in [7, 11) is 0. The van der Waals surface area contributed by atoms with Gasteiger partial charge in [0.25, 0.3) is 5.91 Å². The maximum atomic E-state index is 11.7. The molecule has 1 aromatic rings. The molecular formula is C12H17BrN2O2. The van der Waals surface area contributed by atoms with E-state index in [0.717, 1.165) is 24.0 Å². The van der Waals surface area contributed by atoms with Crippen LogP contribution >= 0.6 is 15.9 Å². The molecule has 1 aromatic carbocycles. The number of aromatic hydroxyl groups is 1. The quantitative estimate of drug-likeness (QED) is 0.703. The molecule has 94 valence electrons. The summed E-state index contributed by atoms with van der Waals surface area (Å²) in [5, 5.41) is 15.5. The summed E-state index contributed by atoms with van der Waals surface area (Å²) >= 11 is 3.22. The molecule has 0 bridgehead atoms. The summed E-state index contributed by atoms with van der Waals surface area (Å²) < 4.78 is 0.746. The maximum Gasteiger partial charge on any atom is 0.255 e. The molecule has 0 atom stereocenters. The highest BCUT2D eigenvalue weighted by atomic mass is 79.9. The molecule has 0 aromatic heterocycles. The summed E-state index contributed by atoms with van der Waals surface area (Å²) in [5.41, 5.74) is 0.295. The molecule has 0 saturated carbocycles. The van der Waals surface area contributed by atoms with Gasteiger partial charge in [-0.1, -0.05) is 22.9 Å². The van der Waals surface area contributed by atoms with Gasteiger partial charge in [-0.2, -0.15) is 0 Å². The van der Waals surface area contributed by atoms with Crippen LogP contribution in [0.15, 0.2) is 22.7 Å². The van der Waals surface area contributed by atoms with Gasteiger partial charge in [0, 0.05) is 17.6 Å². The Balaban J connectivity index is 2.42. The van der Waals surface area contributed by atoms with Crippen molar-refractivity contribution in [1.29, 1.82) is 0 Å². The Bertz CT molecular complexity index is 383. The molecule has 17 heavy (non-hydrogen) atoms. The van der Waals surface area contributed by atoms with Crippen LogP contribution in [0.25, 0.3) is 0 Å². The third kappa shape index (κ3) is 4.75. The number of hydrogen-bond acceptors (Lipinski definition) is 3. The molecule has 0 fully saturated rings. The van der Waals surface area contributed by atoms with Crippen LogP contribution in [0.3, 0.4) is 0 Å². The zero-order valence-corrected chi connectivity index (χ0v) is 11.4. The van der Waals surface area contributed by atoms with Gasteiger partial charge in [0.05, 0.1) is 5.56 Å². The molecule has 0 radical (unpaired) electrons. The average molecular weight is 301 g/mol. The van der Waals surface area contributed by atoms with E-state index in [1.165, 1.54) is 6.07 Å². The number of benzene rings is 1. The first kappa shape index (κ1) is 14.0. The average Bonchev–Trinajstić information content (AvgIpc) is 2.28. The third-order valence-corrected chi connectivity index (χ3v) is 2.71. The van der Waals surface area contributed by atoms with Crippen LogP contribution in [0.5, 0.6) is 5.75 Å². The highest BCUT2D eigenvalue weighted by Crippen LogP contribution is 2.21. The summed E-state index contributed by atoms with van der Waals surface area (Å²) in [6.45, 7) is 4.32. The number of phenolic OH excluding ortho intramolecular Hbond substituents is 1. The first-order valence-electron chi connectivity index (χ1n) is 5.62. The van der Waals surface area contributed by atoms with E-state index < -0.39 is 0 Å². The van der Waals surface area contributed by atoms with Crippen molar-refractivity contribution in [2.75, 3.05) is 19.6 Å². The molecule has 1 rings (SSSR count). The minimum Gasteiger partial charge on any atom is -0.507 e. The molecule has 4 nitrogen and oxygen atoms in total. The van der Waals surface area contributed by atoms with E-state index in [0.29, 0.717) is 12.1 Å². The van der Waals surface area contributed by atoms with E-state index in [2.05, 4.69) is 33.5 Å². The topological polar surface area (TPSA) is 61.4 Å². The van der Waals surface area contributed by atoms with Gasteiger partial charge in [0.2, 0.25) is 0 Å². The number of hydrogen-bond donors (Lipinski definition) is 3. The van der Waals surface area contributed by atoms with E-state index in [4.69, 9.17) is 0 Å². The van der Waals surface area contributed by atoms with Crippen molar-refractivity contribution in [3.8, 4) is 5.75 Å². The normalized spacial score (nSPS) is 10.2. The van der Waals surface area contributed by atoms with E-state index in [9.17, 15) is 9.90 Å². The lowest BCUT2D eigenvalue weighted by molar-refractivity contribution is 0.0951. The lowest BCUT2D eigenvalue weighted by Crippen LogP contribution is -2.32. The fourth-order valence-corrected chi connectivity index (χ4v) is 1.71. The van der Waals surface area contributed by atoms with Gasteiger partial charge in [-0.3, -0.25) is 4.79 Å². The summed E-state index contributed by atoms with van der Waals surface area (Å²) in [4.78, 5) is 11.7. The highest BCUT2D eigenvalue weighted by molar-refractivity contribution is 9.10. The molecule has 0 saturated heterocycles. The van der Waals surface area contributed by atoms with Crippen molar-refractivity contribution in [2.24, 2.45) is 0 Å². The number of rotatable bonds is 6. The molecule has 5 heteroatoms. The summed E-state index contributed by atoms with van der Waals surface area (Å²) in [6, 6.07) is 4.82. The first-order chi connectivity index (χ1) is 8.15. The van der Waals surface area contributed by atoms with Crippen molar-refractivity contribution in [3.63, 3.8) is 0 Å². The van der Waals surface area contributed by atoms with Gasteiger partial charge in [0.1, 0.15) is 5.75 Å². The smallest absolute Gasteiger partial charge is 0.255 e. The van der Waals surface area contributed by atoms with Gasteiger partial charge in [-0.25, -0.2) is 0 Å². The predicted octanol–water partition coefficient (Wildman–Crippen LogP) is 1.88. The van der Waals surface area contributed by atoms with Crippen LogP contribution < -0.4 is 10.6 Å². The molecule has 0 spiro atoms. The Morgan fingerprint density at radius 2 is 2.12 bits per heavy atom. The van der Waals surface area contributed by atoms with Crippen LogP contribution in [-0.4, -0.2) is 30.6 Å². The molecule has 0 aliphatic rings. The van der Waals surface area contributed by atoms with Crippen LogP contribution in [0.2, 0.25) is 0 Å². The minimum atomic E-state index is -0.256. The van der Waals surface area contributed by atoms with E-state index in [-0.39, 0.29) is 11.7 Å². The molecule has 0 unspecified atom stereocenters. The van der Waals surface area contributed by atoms with Gasteiger partial charge in [0.15, 0.2) is 0 Å². The fraction of sp³-hybridized carbons (Fsp3) is 0.417. The van der Waals surface area contributed by atoms with Crippen molar-refractivity contribution in [2.45, 2.75) is 13.3 Å². The largest absolute Gasteiger partial charge is 0.507 e. The zero-order chi connectivity index (χ0) is 12.7. The van der Waals surface area contributed by atoms with Crippen molar-refractivity contribution < 1.29 is 9.90 Å². The Hall–Kier alpha value is -1.07. The number of nitrogens with one attached hydrogen (secondary N) is 2. The number of halogens is 1. The second kappa shape index (κ2) is 7.29. The van der Waals surface area contributed by atoms with Gasteiger partial charge >= 0.3 is 0 Å². The Morgan fingerprint density at radius 3 is 2.76 bits per heavy atom. The van der Waals surface area contributed by atoms with Crippen LogP contribution in [0.4, 0.5) is 0 Å². The van der Waals surface area contributed by atoms with Crippen LogP contribution in [0, 0.1) is 0 Å². The second-order valence-electron chi connectivity index (χ2n) is 3.67. The summed E-state index contributed by atoms with van der Waals surface area (Å²) in [5.74, 6) is -0.272. The molecule has 0 aliphatic heterocycles. The maximum absolute atomic E-state index is 11.7. The minimum absolute atomic E-state index is 0.0154. The monoisotopic (exact) mass is 300 g/mol. The third-order valence-electron chi connectivity index (χ3n) is 2.22. The number of carbonyl (C=O) groups is 1. The van der Waals surface area contributed by atoms with Gasteiger partial charge in [-0.15, -0.1) is 0 Å². The fourth-order valence-electron chi connectivity index (χ4n) is 1.36. The molecule has 3 N–H and O–H groups in total. The Morgan fingerprint density at radius 1 is 1.35 bits per heavy atom. The number of phenols is 1. The van der Waals surface area contributed by atoms with Gasteiger partial charge < -0.3 is 15.7 Å². The zero-order valence-electron chi connectivity index (χ0n) is 9.79. The second-order valence-corrected chi connectivity index (χ2v) is 4.58. The molecule has 0 aliphatic carbocycles. The van der Waals surface area contributed by atoms with Crippen molar-refractivity contribution >= 4 is 21.8 Å². The van der Waals surface area contributed by atoms with Gasteiger partial charge in [-0.05, 0) is 31.2 Å². The van der Waals surface area contributed by atoms with Crippen LogP contribution in [-0.2, 0) is 0 Å². The van der Waals surface area contributed by atoms with E-state index >= 15 is 0 Å². The lowest BCUT2D eigenvalue weighted by Gasteiger charge is -2.07. The molecule has 1 amide bonds. The standard InChI is InChI=1S/C12H17BrN2O2/c1-2-5-14-6-7-15-12(17)10-4-3-9(13)8-11(10)16/h3-4,8,14,16H,2,5-7H2,1H3,(H,15,17). The molecule has 0 heterocycles. The lowest BCUT2D eigenvalue weighted by atomic mass is 10.2. The van der Waals surface area contributed by atoms with Crippen molar-refractivity contribution in [3.05, 3.63) is 28.2 Å². The molecular weight excluding hydrogens is 284 g/mol. The Labute approximate surface area is 110 Å². The predicted molar refractivity (Wildman–Crippen MR) is 71.3 cm³/mol. The number of carbonyl (C=O) groups excluding carboxylic acids is 1. The van der Waals surface area contributed by atoms with E-state index in [1.807, 2.05) is 0 Å².